The van der Waals surface area contributed by atoms with Gasteiger partial charge in [0.25, 0.3) is 0 Å². The number of methoxy groups -OCH3 is 1. The lowest BCUT2D eigenvalue weighted by molar-refractivity contribution is -0.142. The summed E-state index contributed by atoms with van der Waals surface area (Å²) in [5.74, 6) is 0.120. The van der Waals surface area contributed by atoms with Gasteiger partial charge < -0.3 is 10.5 Å². The van der Waals surface area contributed by atoms with Gasteiger partial charge in [-0.25, -0.2) is 0 Å². The van der Waals surface area contributed by atoms with E-state index in [-0.39, 0.29) is 12.0 Å². The number of hydrogen-bond acceptors (Lipinski definition) is 3. The van der Waals surface area contributed by atoms with Gasteiger partial charge >= 0.3 is 5.97 Å². The van der Waals surface area contributed by atoms with Crippen LogP contribution < -0.4 is 5.73 Å². The van der Waals surface area contributed by atoms with E-state index >= 15 is 0 Å². The molecule has 2 N–H and O–H groups in total. The second-order valence-electron chi connectivity index (χ2n) is 2.39. The van der Waals surface area contributed by atoms with E-state index in [1.54, 1.807) is 0 Å². The molecule has 0 bridgehead atoms. The van der Waals surface area contributed by atoms with Crippen molar-refractivity contribution in [3.05, 3.63) is 0 Å². The minimum atomic E-state index is -0.366. The summed E-state index contributed by atoms with van der Waals surface area (Å²) in [6.07, 6.45) is 2.16. The number of hydrogen-bond donors (Lipinski definition) is 1. The molecule has 1 aliphatic rings. The van der Waals surface area contributed by atoms with Crippen molar-refractivity contribution in [2.45, 2.75) is 18.9 Å². The summed E-state index contributed by atoms with van der Waals surface area (Å²) >= 11 is 0. The Balaban J connectivity index is 2.30. The van der Waals surface area contributed by atoms with Crippen LogP contribution in [0.25, 0.3) is 0 Å². The van der Waals surface area contributed by atoms with Crippen molar-refractivity contribution in [3.8, 4) is 0 Å². The van der Waals surface area contributed by atoms with Crippen molar-refractivity contribution in [1.29, 1.82) is 0 Å². The van der Waals surface area contributed by atoms with Gasteiger partial charge in [-0.15, -0.1) is 0 Å². The quantitative estimate of drug-likeness (QED) is 0.529. The molecule has 0 aromatic rings. The molecule has 1 unspecified atom stereocenters. The zero-order valence-corrected chi connectivity index (χ0v) is 5.46. The highest BCUT2D eigenvalue weighted by molar-refractivity contribution is 5.76. The smallest absolute Gasteiger partial charge is 0.322 e. The van der Waals surface area contributed by atoms with E-state index in [0.29, 0.717) is 5.92 Å². The number of ether oxygens (including phenoxy) is 1. The van der Waals surface area contributed by atoms with Crippen LogP contribution in [0, 0.1) is 5.92 Å². The van der Waals surface area contributed by atoms with Gasteiger partial charge in [-0.05, 0) is 18.8 Å². The fraction of sp³-hybridized carbons (Fsp3) is 0.833. The maximum atomic E-state index is 10.6. The van der Waals surface area contributed by atoms with Crippen LogP contribution in [0.5, 0.6) is 0 Å². The lowest BCUT2D eigenvalue weighted by atomic mass is 10.2. The van der Waals surface area contributed by atoms with Crippen molar-refractivity contribution >= 4 is 5.97 Å². The maximum Gasteiger partial charge on any atom is 0.322 e. The first-order chi connectivity index (χ1) is 4.25. The van der Waals surface area contributed by atoms with Gasteiger partial charge in [0.15, 0.2) is 0 Å². The third-order valence-electron chi connectivity index (χ3n) is 1.60. The van der Waals surface area contributed by atoms with E-state index in [1.807, 2.05) is 0 Å². The van der Waals surface area contributed by atoms with E-state index in [9.17, 15) is 4.79 Å². The van der Waals surface area contributed by atoms with Gasteiger partial charge in [0.05, 0.1) is 7.11 Å². The molecular weight excluding hydrogens is 118 g/mol. The first kappa shape index (κ1) is 6.55. The standard InChI is InChI=1S/C6H11NO2/c1-9-6(8)5(7)4-2-3-4/h4-5H,2-3,7H2,1H3. The Hall–Kier alpha value is -0.570. The summed E-state index contributed by atoms with van der Waals surface area (Å²) in [4.78, 5) is 10.6. The Labute approximate surface area is 54.2 Å². The first-order valence-corrected chi connectivity index (χ1v) is 3.09. The molecule has 0 spiro atoms. The Kier molecular flexibility index (Phi) is 1.71. The molecular formula is C6H11NO2. The van der Waals surface area contributed by atoms with Gasteiger partial charge in [-0.3, -0.25) is 4.79 Å². The Morgan fingerprint density at radius 1 is 1.78 bits per heavy atom. The highest BCUT2D eigenvalue weighted by Gasteiger charge is 2.33. The van der Waals surface area contributed by atoms with Crippen LogP contribution in [0.15, 0.2) is 0 Å². The SMILES string of the molecule is COC(=O)C(N)C1CC1. The zero-order chi connectivity index (χ0) is 6.85. The summed E-state index contributed by atoms with van der Waals surface area (Å²) in [7, 11) is 1.37. The van der Waals surface area contributed by atoms with Crippen molar-refractivity contribution < 1.29 is 9.53 Å². The van der Waals surface area contributed by atoms with E-state index in [4.69, 9.17) is 5.73 Å². The molecule has 1 atom stereocenters. The second kappa shape index (κ2) is 2.35. The highest BCUT2D eigenvalue weighted by Crippen LogP contribution is 2.31. The first-order valence-electron chi connectivity index (χ1n) is 3.09. The summed E-state index contributed by atoms with van der Waals surface area (Å²) in [6.45, 7) is 0. The molecule has 0 aliphatic heterocycles. The van der Waals surface area contributed by atoms with Crippen LogP contribution in [-0.4, -0.2) is 19.1 Å². The van der Waals surface area contributed by atoms with Crippen LogP contribution in [0.2, 0.25) is 0 Å². The second-order valence-corrected chi connectivity index (χ2v) is 2.39. The Morgan fingerprint density at radius 3 is 2.67 bits per heavy atom. The molecule has 9 heavy (non-hydrogen) atoms. The average Bonchev–Trinajstić information content (AvgIpc) is 2.66. The molecule has 1 saturated carbocycles. The summed E-state index contributed by atoms with van der Waals surface area (Å²) in [6, 6.07) is -0.366. The summed E-state index contributed by atoms with van der Waals surface area (Å²) < 4.78 is 4.45. The zero-order valence-electron chi connectivity index (χ0n) is 5.46. The molecule has 1 aliphatic carbocycles. The van der Waals surface area contributed by atoms with Crippen LogP contribution in [0.1, 0.15) is 12.8 Å². The topological polar surface area (TPSA) is 52.3 Å². The van der Waals surface area contributed by atoms with Gasteiger partial charge in [0.2, 0.25) is 0 Å². The van der Waals surface area contributed by atoms with Gasteiger partial charge in [-0.2, -0.15) is 0 Å². The number of esters is 1. The van der Waals surface area contributed by atoms with Crippen molar-refractivity contribution in [2.75, 3.05) is 7.11 Å². The number of carbonyl (C=O) groups excluding carboxylic acids is 1. The molecule has 0 aromatic heterocycles. The van der Waals surface area contributed by atoms with Gasteiger partial charge in [0, 0.05) is 0 Å². The van der Waals surface area contributed by atoms with E-state index in [0.717, 1.165) is 12.8 Å². The molecule has 0 radical (unpaired) electrons. The molecule has 0 aromatic carbocycles. The Bertz CT molecular complexity index is 120. The lowest BCUT2D eigenvalue weighted by Crippen LogP contribution is -2.33. The lowest BCUT2D eigenvalue weighted by Gasteiger charge is -2.05. The fourth-order valence-corrected chi connectivity index (χ4v) is 0.784. The molecule has 52 valence electrons. The van der Waals surface area contributed by atoms with Crippen molar-refractivity contribution in [1.82, 2.24) is 0 Å². The maximum absolute atomic E-state index is 10.6. The van der Waals surface area contributed by atoms with E-state index < -0.39 is 0 Å². The largest absolute Gasteiger partial charge is 0.468 e. The van der Waals surface area contributed by atoms with Crippen molar-refractivity contribution in [2.24, 2.45) is 11.7 Å². The number of carbonyl (C=O) groups is 1. The molecule has 1 fully saturated rings. The Morgan fingerprint density at radius 2 is 2.33 bits per heavy atom. The fourth-order valence-electron chi connectivity index (χ4n) is 0.784. The molecule has 1 rings (SSSR count). The monoisotopic (exact) mass is 129 g/mol. The van der Waals surface area contributed by atoms with Gasteiger partial charge in [-0.1, -0.05) is 0 Å². The normalized spacial score (nSPS) is 21.1. The minimum Gasteiger partial charge on any atom is -0.468 e. The third-order valence-corrected chi connectivity index (χ3v) is 1.60. The average molecular weight is 129 g/mol. The number of rotatable bonds is 2. The highest BCUT2D eigenvalue weighted by atomic mass is 16.5. The number of nitrogens with two attached hydrogens (primary N) is 1. The molecule has 3 nitrogen and oxygen atoms in total. The molecule has 3 heteroatoms. The van der Waals surface area contributed by atoms with Crippen LogP contribution in [-0.2, 0) is 9.53 Å². The van der Waals surface area contributed by atoms with E-state index in [1.165, 1.54) is 7.11 Å². The van der Waals surface area contributed by atoms with Crippen LogP contribution in [0.4, 0.5) is 0 Å². The van der Waals surface area contributed by atoms with Crippen molar-refractivity contribution in [3.63, 3.8) is 0 Å². The van der Waals surface area contributed by atoms with E-state index in [2.05, 4.69) is 4.74 Å². The molecule has 0 saturated heterocycles. The molecule has 0 heterocycles. The predicted molar refractivity (Wildman–Crippen MR) is 32.7 cm³/mol. The summed E-state index contributed by atoms with van der Waals surface area (Å²) in [5.41, 5.74) is 5.46. The third kappa shape index (κ3) is 1.42. The predicted octanol–water partition coefficient (Wildman–Crippen LogP) is -0.103. The summed E-state index contributed by atoms with van der Waals surface area (Å²) in [5, 5.41) is 0. The van der Waals surface area contributed by atoms with Crippen LogP contribution >= 0.6 is 0 Å². The van der Waals surface area contributed by atoms with Crippen LogP contribution in [0.3, 0.4) is 0 Å². The minimum absolute atomic E-state index is 0.280. The molecule has 0 amide bonds. The van der Waals surface area contributed by atoms with Gasteiger partial charge in [0.1, 0.15) is 6.04 Å².